The molecule has 2 aromatic rings. The molecule has 1 amide bonds. The summed E-state index contributed by atoms with van der Waals surface area (Å²) in [6, 6.07) is 9.79. The van der Waals surface area contributed by atoms with Gasteiger partial charge in [-0.2, -0.15) is 13.2 Å². The third-order valence-corrected chi connectivity index (χ3v) is 4.14. The molecule has 0 heterocycles. The second-order valence-electron chi connectivity index (χ2n) is 5.88. The molecule has 0 aliphatic rings. The predicted molar refractivity (Wildman–Crippen MR) is 101 cm³/mol. The summed E-state index contributed by atoms with van der Waals surface area (Å²) in [5.41, 5.74) is 0.552. The number of nitrogens with one attached hydrogen (secondary N) is 2. The number of rotatable bonds is 3. The van der Waals surface area contributed by atoms with Gasteiger partial charge in [-0.1, -0.05) is 37.6 Å². The molecule has 0 unspecified atom stereocenters. The minimum absolute atomic E-state index is 0.0399. The van der Waals surface area contributed by atoms with Crippen LogP contribution in [0.25, 0.3) is 0 Å². The van der Waals surface area contributed by atoms with E-state index in [0.717, 1.165) is 23.8 Å². The Labute approximate surface area is 159 Å². The van der Waals surface area contributed by atoms with Crippen molar-refractivity contribution in [2.24, 2.45) is 0 Å². The third-order valence-electron chi connectivity index (χ3n) is 3.61. The maximum atomic E-state index is 12.8. The summed E-state index contributed by atoms with van der Waals surface area (Å²) >= 11 is 10.9. The van der Waals surface area contributed by atoms with Gasteiger partial charge in [0, 0.05) is 5.56 Å². The van der Waals surface area contributed by atoms with Gasteiger partial charge in [-0.15, -0.1) is 0 Å². The molecule has 3 nitrogen and oxygen atoms in total. The number of carbonyl (C=O) groups is 1. The van der Waals surface area contributed by atoms with Crippen molar-refractivity contribution in [2.75, 3.05) is 5.32 Å². The summed E-state index contributed by atoms with van der Waals surface area (Å²) in [6.07, 6.45) is -4.51. The Hall–Kier alpha value is -2.12. The van der Waals surface area contributed by atoms with Crippen LogP contribution in [-0.2, 0) is 6.18 Å². The van der Waals surface area contributed by atoms with Crippen molar-refractivity contribution < 1.29 is 18.0 Å². The lowest BCUT2D eigenvalue weighted by molar-refractivity contribution is -0.137. The van der Waals surface area contributed by atoms with Gasteiger partial charge in [0.05, 0.1) is 16.3 Å². The number of benzene rings is 2. The Morgan fingerprint density at radius 3 is 2.27 bits per heavy atom. The molecule has 0 spiro atoms. The first kappa shape index (κ1) is 20.2. The maximum absolute atomic E-state index is 12.8. The fourth-order valence-electron chi connectivity index (χ4n) is 2.15. The summed E-state index contributed by atoms with van der Waals surface area (Å²) in [5, 5.41) is 4.84. The molecule has 0 aromatic heterocycles. The summed E-state index contributed by atoms with van der Waals surface area (Å²) in [4.78, 5) is 12.2. The van der Waals surface area contributed by atoms with Gasteiger partial charge in [-0.05, 0) is 54.0 Å². The first-order valence-corrected chi connectivity index (χ1v) is 8.45. The van der Waals surface area contributed by atoms with Crippen molar-refractivity contribution in [3.8, 4) is 0 Å². The van der Waals surface area contributed by atoms with Crippen LogP contribution in [0.15, 0.2) is 42.5 Å². The summed E-state index contributed by atoms with van der Waals surface area (Å²) in [7, 11) is 0. The van der Waals surface area contributed by atoms with Crippen molar-refractivity contribution in [1.29, 1.82) is 0 Å². The smallest absolute Gasteiger partial charge is 0.331 e. The number of hydrogen-bond acceptors (Lipinski definition) is 2. The van der Waals surface area contributed by atoms with Gasteiger partial charge in [-0.3, -0.25) is 10.1 Å². The summed E-state index contributed by atoms with van der Waals surface area (Å²) in [6.45, 7) is 4.07. The maximum Gasteiger partial charge on any atom is 0.416 e. The highest BCUT2D eigenvalue weighted by Crippen LogP contribution is 2.33. The molecule has 0 fully saturated rings. The van der Waals surface area contributed by atoms with Crippen LogP contribution in [0.2, 0.25) is 5.02 Å². The Bertz CT molecular complexity index is 820. The second-order valence-corrected chi connectivity index (χ2v) is 6.69. The van der Waals surface area contributed by atoms with Crippen molar-refractivity contribution in [2.45, 2.75) is 25.9 Å². The monoisotopic (exact) mass is 400 g/mol. The average Bonchev–Trinajstić information content (AvgIpc) is 2.55. The molecule has 2 rings (SSSR count). The number of hydrogen-bond donors (Lipinski definition) is 2. The van der Waals surface area contributed by atoms with E-state index in [4.69, 9.17) is 23.8 Å². The number of amides is 1. The lowest BCUT2D eigenvalue weighted by Crippen LogP contribution is -2.34. The molecule has 2 N–H and O–H groups in total. The summed E-state index contributed by atoms with van der Waals surface area (Å²) in [5.74, 6) is -0.140. The van der Waals surface area contributed by atoms with E-state index < -0.39 is 17.6 Å². The SMILES string of the molecule is CC(C)c1ccc(C(=O)NC(=S)Nc2cc(C(F)(F)F)ccc2Cl)cc1. The van der Waals surface area contributed by atoms with Crippen LogP contribution in [0.1, 0.15) is 41.3 Å². The van der Waals surface area contributed by atoms with Gasteiger partial charge in [-0.25, -0.2) is 0 Å². The highest BCUT2D eigenvalue weighted by molar-refractivity contribution is 7.80. The molecule has 0 saturated carbocycles. The summed E-state index contributed by atoms with van der Waals surface area (Å²) < 4.78 is 38.4. The van der Waals surface area contributed by atoms with Gasteiger partial charge in [0.2, 0.25) is 0 Å². The number of carbonyl (C=O) groups excluding carboxylic acids is 1. The van der Waals surface area contributed by atoms with E-state index in [-0.39, 0.29) is 15.8 Å². The minimum atomic E-state index is -4.51. The molecule has 2 aromatic carbocycles. The Morgan fingerprint density at radius 2 is 1.73 bits per heavy atom. The van der Waals surface area contributed by atoms with E-state index in [9.17, 15) is 18.0 Å². The van der Waals surface area contributed by atoms with Gasteiger partial charge in [0.1, 0.15) is 0 Å². The van der Waals surface area contributed by atoms with Crippen LogP contribution in [0.5, 0.6) is 0 Å². The molecule has 0 radical (unpaired) electrons. The Balaban J connectivity index is 2.07. The number of halogens is 4. The zero-order chi connectivity index (χ0) is 19.5. The van der Waals surface area contributed by atoms with Crippen molar-refractivity contribution in [3.63, 3.8) is 0 Å². The van der Waals surface area contributed by atoms with E-state index in [1.54, 1.807) is 12.1 Å². The largest absolute Gasteiger partial charge is 0.416 e. The molecule has 26 heavy (non-hydrogen) atoms. The zero-order valence-electron chi connectivity index (χ0n) is 13.9. The number of thiocarbonyl (C=S) groups is 1. The van der Waals surface area contributed by atoms with Crippen LogP contribution in [0, 0.1) is 0 Å². The molecule has 8 heteroatoms. The first-order chi connectivity index (χ1) is 12.1. The number of anilines is 1. The van der Waals surface area contributed by atoms with Crippen molar-refractivity contribution in [3.05, 3.63) is 64.2 Å². The molecule has 0 bridgehead atoms. The lowest BCUT2D eigenvalue weighted by Gasteiger charge is -2.14. The first-order valence-electron chi connectivity index (χ1n) is 7.67. The van der Waals surface area contributed by atoms with Crippen LogP contribution in [0.3, 0.4) is 0 Å². The van der Waals surface area contributed by atoms with Crippen molar-refractivity contribution in [1.82, 2.24) is 5.32 Å². The molecule has 0 saturated heterocycles. The Morgan fingerprint density at radius 1 is 1.12 bits per heavy atom. The van der Waals surface area contributed by atoms with Gasteiger partial charge in [0.25, 0.3) is 5.91 Å². The van der Waals surface area contributed by atoms with Crippen LogP contribution < -0.4 is 10.6 Å². The highest BCUT2D eigenvalue weighted by atomic mass is 35.5. The van der Waals surface area contributed by atoms with E-state index >= 15 is 0 Å². The fraction of sp³-hybridized carbons (Fsp3) is 0.222. The molecular formula is C18H16ClF3N2OS. The molecule has 0 aliphatic heterocycles. The molecule has 0 aliphatic carbocycles. The molecular weight excluding hydrogens is 385 g/mol. The minimum Gasteiger partial charge on any atom is -0.331 e. The topological polar surface area (TPSA) is 41.1 Å². The molecule has 0 atom stereocenters. The van der Waals surface area contributed by atoms with E-state index in [1.165, 1.54) is 0 Å². The van der Waals surface area contributed by atoms with Gasteiger partial charge in [0.15, 0.2) is 5.11 Å². The van der Waals surface area contributed by atoms with Crippen LogP contribution >= 0.6 is 23.8 Å². The predicted octanol–water partition coefficient (Wildman–Crippen LogP) is 5.61. The highest BCUT2D eigenvalue weighted by Gasteiger charge is 2.31. The quantitative estimate of drug-likeness (QED) is 0.658. The number of alkyl halides is 3. The standard InChI is InChI=1S/C18H16ClF3N2OS/c1-10(2)11-3-5-12(6-4-11)16(25)24-17(26)23-15-9-13(18(20,21)22)7-8-14(15)19/h3-10H,1-2H3,(H2,23,24,25,26). The van der Waals surface area contributed by atoms with E-state index in [2.05, 4.69) is 10.6 Å². The average molecular weight is 401 g/mol. The van der Waals surface area contributed by atoms with Crippen molar-refractivity contribution >= 4 is 40.5 Å². The van der Waals surface area contributed by atoms with Gasteiger partial charge < -0.3 is 5.32 Å². The lowest BCUT2D eigenvalue weighted by atomic mass is 10.0. The molecule has 138 valence electrons. The Kier molecular flexibility index (Phi) is 6.26. The van der Waals surface area contributed by atoms with Gasteiger partial charge >= 0.3 is 6.18 Å². The van der Waals surface area contributed by atoms with Crippen LogP contribution in [0.4, 0.5) is 18.9 Å². The normalized spacial score (nSPS) is 11.3. The van der Waals surface area contributed by atoms with E-state index in [0.29, 0.717) is 11.5 Å². The second kappa shape index (κ2) is 8.05. The van der Waals surface area contributed by atoms with E-state index in [1.807, 2.05) is 26.0 Å². The van der Waals surface area contributed by atoms with Crippen LogP contribution in [-0.4, -0.2) is 11.0 Å². The zero-order valence-corrected chi connectivity index (χ0v) is 15.5. The third kappa shape index (κ3) is 5.19. The fourth-order valence-corrected chi connectivity index (χ4v) is 2.51.